The van der Waals surface area contributed by atoms with Gasteiger partial charge in [0.05, 0.1) is 36.4 Å². The molecule has 1 saturated heterocycles. The lowest BCUT2D eigenvalue weighted by molar-refractivity contribution is -0.138. The Balaban J connectivity index is 1.40. The number of halogens is 4. The second-order valence-electron chi connectivity index (χ2n) is 8.47. The smallest absolute Gasteiger partial charge is 0.417 e. The van der Waals surface area contributed by atoms with Gasteiger partial charge >= 0.3 is 12.1 Å². The number of hydrogen-bond acceptors (Lipinski definition) is 8. The highest BCUT2D eigenvalue weighted by Crippen LogP contribution is 2.34. The third-order valence-electron chi connectivity index (χ3n) is 6.18. The van der Waals surface area contributed by atoms with Crippen LogP contribution in [0.4, 0.5) is 30.4 Å². The fourth-order valence-corrected chi connectivity index (χ4v) is 4.53. The number of esters is 1. The number of carbonyl (C=O) groups is 2. The monoisotopic (exact) mass is 539 g/mol. The van der Waals surface area contributed by atoms with Gasteiger partial charge in [-0.05, 0) is 30.3 Å². The zero-order valence-electron chi connectivity index (χ0n) is 19.9. The van der Waals surface area contributed by atoms with Crippen LogP contribution >= 0.6 is 11.6 Å². The number of pyridine rings is 1. The number of aromatic nitrogens is 1. The lowest BCUT2D eigenvalue weighted by Gasteiger charge is -2.37. The molecule has 198 valence electrons. The molecular weight excluding hydrogens is 515 g/mol. The molecule has 2 aliphatic rings. The third-order valence-corrected chi connectivity index (χ3v) is 6.46. The summed E-state index contributed by atoms with van der Waals surface area (Å²) in [7, 11) is 1.24. The minimum Gasteiger partial charge on any atom is -0.466 e. The quantitative estimate of drug-likeness (QED) is 0.519. The van der Waals surface area contributed by atoms with E-state index in [1.807, 2.05) is 17.0 Å². The van der Waals surface area contributed by atoms with Gasteiger partial charge < -0.3 is 29.9 Å². The van der Waals surface area contributed by atoms with Crippen molar-refractivity contribution in [2.75, 3.05) is 68.1 Å². The van der Waals surface area contributed by atoms with E-state index in [9.17, 15) is 27.9 Å². The molecule has 0 saturated carbocycles. The average Bonchev–Trinajstić information content (AvgIpc) is 3.18. The highest BCUT2D eigenvalue weighted by Gasteiger charge is 2.35. The number of piperazine rings is 1. The van der Waals surface area contributed by atoms with Crippen LogP contribution < -0.4 is 15.1 Å². The van der Waals surface area contributed by atoms with Crippen molar-refractivity contribution in [1.82, 2.24) is 9.88 Å². The van der Waals surface area contributed by atoms with Crippen molar-refractivity contribution in [3.8, 4) is 0 Å². The number of carbonyl (C=O) groups excluding carboxylic acids is 2. The van der Waals surface area contributed by atoms with E-state index in [2.05, 4.69) is 15.2 Å². The number of nitrogens with zero attached hydrogens (tertiary/aromatic N) is 4. The number of aliphatic hydroxyl groups is 1. The van der Waals surface area contributed by atoms with Crippen LogP contribution in [-0.2, 0) is 20.5 Å². The van der Waals surface area contributed by atoms with Gasteiger partial charge in [-0.2, -0.15) is 13.2 Å². The van der Waals surface area contributed by atoms with Crippen molar-refractivity contribution in [2.45, 2.75) is 6.18 Å². The SMILES string of the molecule is COC(=O)C1=C(Nc2ccc(N3CCN(c4ncc(C(F)(F)F)cc4Cl)CC3)cc2)C(=O)N(CCO)C1. The van der Waals surface area contributed by atoms with E-state index < -0.39 is 23.6 Å². The number of amides is 1. The molecule has 37 heavy (non-hydrogen) atoms. The Morgan fingerprint density at radius 1 is 1.16 bits per heavy atom. The number of rotatable bonds is 7. The number of nitrogens with one attached hydrogen (secondary N) is 1. The number of methoxy groups -OCH3 is 1. The van der Waals surface area contributed by atoms with E-state index in [1.165, 1.54) is 12.0 Å². The number of alkyl halides is 3. The first-order valence-electron chi connectivity index (χ1n) is 11.4. The van der Waals surface area contributed by atoms with Crippen LogP contribution in [-0.4, -0.2) is 79.9 Å². The summed E-state index contributed by atoms with van der Waals surface area (Å²) in [5.74, 6) is -0.696. The summed E-state index contributed by atoms with van der Waals surface area (Å²) in [6.07, 6.45) is -3.71. The molecule has 9 nitrogen and oxygen atoms in total. The fourth-order valence-electron chi connectivity index (χ4n) is 4.24. The molecule has 4 rings (SSSR count). The molecule has 2 aromatic rings. The summed E-state index contributed by atoms with van der Waals surface area (Å²) < 4.78 is 43.5. The van der Waals surface area contributed by atoms with Gasteiger partial charge in [0.25, 0.3) is 5.91 Å². The summed E-state index contributed by atoms with van der Waals surface area (Å²) in [5, 5.41) is 12.1. The normalized spacial score (nSPS) is 16.5. The maximum absolute atomic E-state index is 12.9. The summed E-state index contributed by atoms with van der Waals surface area (Å²) in [6.45, 7) is 2.15. The zero-order chi connectivity index (χ0) is 26.7. The minimum absolute atomic E-state index is 0.0432. The van der Waals surface area contributed by atoms with Crippen molar-refractivity contribution < 1.29 is 32.6 Å². The molecule has 1 amide bonds. The second-order valence-corrected chi connectivity index (χ2v) is 8.88. The van der Waals surface area contributed by atoms with E-state index in [1.54, 1.807) is 12.1 Å². The van der Waals surface area contributed by atoms with Gasteiger partial charge in [-0.3, -0.25) is 4.79 Å². The zero-order valence-corrected chi connectivity index (χ0v) is 20.6. The van der Waals surface area contributed by atoms with E-state index in [-0.39, 0.29) is 36.0 Å². The number of benzene rings is 1. The van der Waals surface area contributed by atoms with Crippen LogP contribution in [0, 0.1) is 0 Å². The number of anilines is 3. The maximum Gasteiger partial charge on any atom is 0.417 e. The lowest BCUT2D eigenvalue weighted by Crippen LogP contribution is -2.47. The molecule has 0 spiro atoms. The molecule has 13 heteroatoms. The number of ether oxygens (including phenoxy) is 1. The highest BCUT2D eigenvalue weighted by atomic mass is 35.5. The minimum atomic E-state index is -4.50. The van der Waals surface area contributed by atoms with Gasteiger partial charge in [-0.1, -0.05) is 11.6 Å². The molecule has 0 atom stereocenters. The van der Waals surface area contributed by atoms with Crippen molar-refractivity contribution in [3.63, 3.8) is 0 Å². The number of β-amino-alcohol motifs (C(OH)–C–C–N with tert-alkyl or cyclic N) is 1. The van der Waals surface area contributed by atoms with Gasteiger partial charge in [0, 0.05) is 50.3 Å². The number of hydrogen-bond donors (Lipinski definition) is 2. The molecular formula is C24H25ClF3N5O4. The van der Waals surface area contributed by atoms with E-state index in [0.29, 0.717) is 37.7 Å². The first-order chi connectivity index (χ1) is 17.6. The average molecular weight is 540 g/mol. The number of aliphatic hydroxyl groups excluding tert-OH is 1. The van der Waals surface area contributed by atoms with Gasteiger partial charge in [0.1, 0.15) is 11.5 Å². The van der Waals surface area contributed by atoms with Crippen molar-refractivity contribution in [1.29, 1.82) is 0 Å². The third kappa shape index (κ3) is 5.75. The van der Waals surface area contributed by atoms with Gasteiger partial charge in [-0.25, -0.2) is 9.78 Å². The van der Waals surface area contributed by atoms with Crippen LogP contribution in [0.15, 0.2) is 47.8 Å². The predicted octanol–water partition coefficient (Wildman–Crippen LogP) is 2.75. The first-order valence-corrected chi connectivity index (χ1v) is 11.8. The van der Waals surface area contributed by atoms with Crippen molar-refractivity contribution >= 4 is 40.7 Å². The summed E-state index contributed by atoms with van der Waals surface area (Å²) in [4.78, 5) is 34.1. The molecule has 1 aromatic heterocycles. The molecule has 1 fully saturated rings. The molecule has 3 heterocycles. The Morgan fingerprint density at radius 2 is 1.81 bits per heavy atom. The molecule has 0 radical (unpaired) electrons. The summed E-state index contributed by atoms with van der Waals surface area (Å²) >= 11 is 6.09. The van der Waals surface area contributed by atoms with Crippen molar-refractivity contribution in [3.05, 3.63) is 58.4 Å². The summed E-state index contributed by atoms with van der Waals surface area (Å²) in [5.41, 5.74) is 0.931. The van der Waals surface area contributed by atoms with Gasteiger partial charge in [0.15, 0.2) is 0 Å². The van der Waals surface area contributed by atoms with E-state index >= 15 is 0 Å². The van der Waals surface area contributed by atoms with Gasteiger partial charge in [-0.15, -0.1) is 0 Å². The Kier molecular flexibility index (Phi) is 7.79. The largest absolute Gasteiger partial charge is 0.466 e. The Labute approximate surface area is 216 Å². The fraction of sp³-hybridized carbons (Fsp3) is 0.375. The molecule has 0 bridgehead atoms. The lowest BCUT2D eigenvalue weighted by atomic mass is 10.2. The predicted molar refractivity (Wildman–Crippen MR) is 131 cm³/mol. The summed E-state index contributed by atoms with van der Waals surface area (Å²) in [6, 6.07) is 8.18. The van der Waals surface area contributed by atoms with Crippen LogP contribution in [0.5, 0.6) is 0 Å². The van der Waals surface area contributed by atoms with Gasteiger partial charge in [0.2, 0.25) is 0 Å². The van der Waals surface area contributed by atoms with Crippen LogP contribution in [0.3, 0.4) is 0 Å². The second kappa shape index (κ2) is 10.9. The Morgan fingerprint density at radius 3 is 2.38 bits per heavy atom. The van der Waals surface area contributed by atoms with Crippen LogP contribution in [0.2, 0.25) is 5.02 Å². The maximum atomic E-state index is 12.9. The highest BCUT2D eigenvalue weighted by molar-refractivity contribution is 6.33. The molecule has 2 aliphatic heterocycles. The first kappa shape index (κ1) is 26.6. The molecule has 2 N–H and O–H groups in total. The topological polar surface area (TPSA) is 98.2 Å². The molecule has 0 unspecified atom stereocenters. The standard InChI is InChI=1S/C24H25ClF3N5O4/c1-37-23(36)18-14-33(10-11-34)22(35)20(18)30-16-2-4-17(5-3-16)31-6-8-32(9-7-31)21-19(25)12-15(13-29-21)24(26,27)28/h2-5,12-13,30,34H,6-11,14H2,1H3. The van der Waals surface area contributed by atoms with Crippen LogP contribution in [0.1, 0.15) is 5.56 Å². The van der Waals surface area contributed by atoms with Crippen molar-refractivity contribution in [2.24, 2.45) is 0 Å². The van der Waals surface area contributed by atoms with E-state index in [0.717, 1.165) is 18.0 Å². The van der Waals surface area contributed by atoms with Crippen LogP contribution in [0.25, 0.3) is 0 Å². The Bertz CT molecular complexity index is 1200. The van der Waals surface area contributed by atoms with E-state index in [4.69, 9.17) is 16.3 Å². The molecule has 0 aliphatic carbocycles. The Hall–Kier alpha value is -3.51. The molecule has 1 aromatic carbocycles.